The number of halogens is 2. The minimum atomic E-state index is -0.760. The van der Waals surface area contributed by atoms with Crippen LogP contribution in [0.25, 0.3) is 0 Å². The first-order valence-electron chi connectivity index (χ1n) is 3.91. The van der Waals surface area contributed by atoms with E-state index in [0.29, 0.717) is 10.0 Å². The highest BCUT2D eigenvalue weighted by atomic mass is 79.9. The van der Waals surface area contributed by atoms with Crippen LogP contribution < -0.4 is 5.73 Å². The molecule has 1 aromatic carbocycles. The molecule has 0 fully saturated rings. The van der Waals surface area contributed by atoms with Crippen LogP contribution in [-0.4, -0.2) is 11.2 Å². The topological polar surface area (TPSA) is 46.2 Å². The summed E-state index contributed by atoms with van der Waals surface area (Å²) in [5.74, 6) is -0.407. The maximum absolute atomic E-state index is 13.4. The van der Waals surface area contributed by atoms with Gasteiger partial charge in [-0.05, 0) is 28.9 Å². The van der Waals surface area contributed by atoms with Gasteiger partial charge in [0, 0.05) is 5.56 Å². The summed E-state index contributed by atoms with van der Waals surface area (Å²) in [6.45, 7) is 1.53. The first kappa shape index (κ1) is 10.6. The molecule has 4 heteroatoms. The summed E-state index contributed by atoms with van der Waals surface area (Å²) in [4.78, 5) is 0. The summed E-state index contributed by atoms with van der Waals surface area (Å²) < 4.78 is 13.7. The van der Waals surface area contributed by atoms with Gasteiger partial charge < -0.3 is 10.8 Å². The first-order valence-corrected chi connectivity index (χ1v) is 4.71. The van der Waals surface area contributed by atoms with E-state index in [0.717, 1.165) is 0 Å². The Morgan fingerprint density at radius 3 is 2.69 bits per heavy atom. The van der Waals surface area contributed by atoms with Crippen LogP contribution in [0.3, 0.4) is 0 Å². The molecular formula is C9H11BrFNO. The van der Waals surface area contributed by atoms with Crippen molar-refractivity contribution >= 4 is 15.9 Å². The Kier molecular flexibility index (Phi) is 3.41. The summed E-state index contributed by atoms with van der Waals surface area (Å²) in [7, 11) is 0. The van der Waals surface area contributed by atoms with E-state index in [2.05, 4.69) is 15.9 Å². The quantitative estimate of drug-likeness (QED) is 0.840. The van der Waals surface area contributed by atoms with E-state index in [-0.39, 0.29) is 0 Å². The fourth-order valence-corrected chi connectivity index (χ4v) is 1.42. The van der Waals surface area contributed by atoms with Crippen molar-refractivity contribution in [2.75, 3.05) is 0 Å². The Morgan fingerprint density at radius 2 is 2.15 bits per heavy atom. The largest absolute Gasteiger partial charge is 0.391 e. The van der Waals surface area contributed by atoms with Crippen molar-refractivity contribution in [3.05, 3.63) is 34.1 Å². The molecule has 13 heavy (non-hydrogen) atoms. The number of aliphatic hydroxyl groups is 1. The molecule has 3 N–H and O–H groups in total. The van der Waals surface area contributed by atoms with Gasteiger partial charge in [0.2, 0.25) is 0 Å². The molecule has 1 aromatic rings. The van der Waals surface area contributed by atoms with Crippen LogP contribution in [0, 0.1) is 5.82 Å². The molecule has 72 valence electrons. The Hall–Kier alpha value is -0.450. The predicted octanol–water partition coefficient (Wildman–Crippen LogP) is 1.97. The van der Waals surface area contributed by atoms with Gasteiger partial charge in [-0.1, -0.05) is 12.1 Å². The summed E-state index contributed by atoms with van der Waals surface area (Å²) >= 11 is 3.05. The Labute approximate surface area is 84.7 Å². The van der Waals surface area contributed by atoms with Gasteiger partial charge >= 0.3 is 0 Å². The highest BCUT2D eigenvalue weighted by Gasteiger charge is 2.17. The summed E-state index contributed by atoms with van der Waals surface area (Å²) in [6, 6.07) is 4.16. The van der Waals surface area contributed by atoms with E-state index >= 15 is 0 Å². The lowest BCUT2D eigenvalue weighted by Crippen LogP contribution is -2.24. The molecule has 0 spiro atoms. The SMILES string of the molecule is C[C@@H](O)[C@@H](N)c1cccc(Br)c1F. The molecule has 0 aliphatic rings. The van der Waals surface area contributed by atoms with E-state index in [1.165, 1.54) is 6.92 Å². The van der Waals surface area contributed by atoms with Gasteiger partial charge in [0.15, 0.2) is 0 Å². The molecule has 2 nitrogen and oxygen atoms in total. The van der Waals surface area contributed by atoms with Gasteiger partial charge in [0.1, 0.15) is 5.82 Å². The zero-order valence-electron chi connectivity index (χ0n) is 7.17. The second-order valence-electron chi connectivity index (χ2n) is 2.91. The standard InChI is InChI=1S/C9H11BrFNO/c1-5(13)9(12)6-3-2-4-7(10)8(6)11/h2-5,9,13H,12H2,1H3/t5-,9-/m1/s1. The normalized spacial score (nSPS) is 15.5. The lowest BCUT2D eigenvalue weighted by molar-refractivity contribution is 0.162. The van der Waals surface area contributed by atoms with Gasteiger partial charge in [0.05, 0.1) is 16.6 Å². The fraction of sp³-hybridized carbons (Fsp3) is 0.333. The molecule has 1 rings (SSSR count). The van der Waals surface area contributed by atoms with Crippen LogP contribution in [0.1, 0.15) is 18.5 Å². The van der Waals surface area contributed by atoms with E-state index in [9.17, 15) is 9.50 Å². The van der Waals surface area contributed by atoms with Crippen LogP contribution in [0.2, 0.25) is 0 Å². The predicted molar refractivity (Wildman–Crippen MR) is 52.7 cm³/mol. The zero-order valence-corrected chi connectivity index (χ0v) is 8.75. The number of benzene rings is 1. The molecule has 0 unspecified atom stereocenters. The monoisotopic (exact) mass is 247 g/mol. The highest BCUT2D eigenvalue weighted by molar-refractivity contribution is 9.10. The van der Waals surface area contributed by atoms with Gasteiger partial charge in [0.25, 0.3) is 0 Å². The number of rotatable bonds is 2. The molecule has 0 bridgehead atoms. The Morgan fingerprint density at radius 1 is 1.54 bits per heavy atom. The third-order valence-electron chi connectivity index (χ3n) is 1.86. The second-order valence-corrected chi connectivity index (χ2v) is 3.76. The minimum absolute atomic E-state index is 0.323. The molecule has 0 saturated carbocycles. The van der Waals surface area contributed by atoms with Crippen LogP contribution in [0.5, 0.6) is 0 Å². The smallest absolute Gasteiger partial charge is 0.142 e. The molecule has 0 amide bonds. The number of hydrogen-bond acceptors (Lipinski definition) is 2. The van der Waals surface area contributed by atoms with Crippen molar-refractivity contribution in [2.45, 2.75) is 19.1 Å². The maximum atomic E-state index is 13.4. The average molecular weight is 248 g/mol. The van der Waals surface area contributed by atoms with Crippen molar-refractivity contribution < 1.29 is 9.50 Å². The van der Waals surface area contributed by atoms with Gasteiger partial charge in [-0.2, -0.15) is 0 Å². The number of aliphatic hydroxyl groups excluding tert-OH is 1. The summed E-state index contributed by atoms with van der Waals surface area (Å²) in [5.41, 5.74) is 5.92. The number of nitrogens with two attached hydrogens (primary N) is 1. The molecule has 0 aromatic heterocycles. The van der Waals surface area contributed by atoms with E-state index < -0.39 is 18.0 Å². The van der Waals surface area contributed by atoms with Crippen LogP contribution in [-0.2, 0) is 0 Å². The van der Waals surface area contributed by atoms with Crippen molar-refractivity contribution in [1.82, 2.24) is 0 Å². The lowest BCUT2D eigenvalue weighted by atomic mass is 10.0. The molecule has 0 saturated heterocycles. The Bertz CT molecular complexity index is 304. The summed E-state index contributed by atoms with van der Waals surface area (Å²) in [6.07, 6.45) is -0.760. The average Bonchev–Trinajstić information content (AvgIpc) is 2.08. The molecule has 0 radical (unpaired) electrons. The van der Waals surface area contributed by atoms with Gasteiger partial charge in [-0.3, -0.25) is 0 Å². The molecular weight excluding hydrogens is 237 g/mol. The third-order valence-corrected chi connectivity index (χ3v) is 2.47. The van der Waals surface area contributed by atoms with Crippen molar-refractivity contribution in [3.63, 3.8) is 0 Å². The van der Waals surface area contributed by atoms with E-state index in [1.54, 1.807) is 18.2 Å². The maximum Gasteiger partial charge on any atom is 0.142 e. The molecule has 0 heterocycles. The second kappa shape index (κ2) is 4.17. The van der Waals surface area contributed by atoms with Crippen LogP contribution in [0.4, 0.5) is 4.39 Å². The van der Waals surface area contributed by atoms with Crippen LogP contribution >= 0.6 is 15.9 Å². The summed E-state index contributed by atoms with van der Waals surface area (Å²) in [5, 5.41) is 9.18. The van der Waals surface area contributed by atoms with Gasteiger partial charge in [-0.25, -0.2) is 4.39 Å². The fourth-order valence-electron chi connectivity index (χ4n) is 1.04. The third kappa shape index (κ3) is 2.27. The number of hydrogen-bond donors (Lipinski definition) is 2. The van der Waals surface area contributed by atoms with Crippen molar-refractivity contribution in [3.8, 4) is 0 Å². The minimum Gasteiger partial charge on any atom is -0.391 e. The lowest BCUT2D eigenvalue weighted by Gasteiger charge is -2.16. The first-order chi connectivity index (χ1) is 6.04. The van der Waals surface area contributed by atoms with Gasteiger partial charge in [-0.15, -0.1) is 0 Å². The molecule has 0 aliphatic carbocycles. The zero-order chi connectivity index (χ0) is 10.0. The van der Waals surface area contributed by atoms with Crippen molar-refractivity contribution in [1.29, 1.82) is 0 Å². The van der Waals surface area contributed by atoms with Crippen LogP contribution in [0.15, 0.2) is 22.7 Å². The Balaban J connectivity index is 3.07. The van der Waals surface area contributed by atoms with E-state index in [4.69, 9.17) is 5.73 Å². The molecule has 2 atom stereocenters. The van der Waals surface area contributed by atoms with Crippen molar-refractivity contribution in [2.24, 2.45) is 5.73 Å². The molecule has 0 aliphatic heterocycles. The van der Waals surface area contributed by atoms with E-state index in [1.807, 2.05) is 0 Å². The highest BCUT2D eigenvalue weighted by Crippen LogP contribution is 2.23.